The second-order valence-corrected chi connectivity index (χ2v) is 6.93. The van der Waals surface area contributed by atoms with Gasteiger partial charge in [-0.15, -0.1) is 0 Å². The first-order valence-electron chi connectivity index (χ1n) is 8.50. The summed E-state index contributed by atoms with van der Waals surface area (Å²) in [6.45, 7) is 5.27. The van der Waals surface area contributed by atoms with Crippen LogP contribution in [0.25, 0.3) is 10.9 Å². The standard InChI is InChI=1S/C20H21N3O2/c1-12-4-5-14-6-7-23(10-15(14)8-12)20(25)16-11-22(3)18-13(2)9-21-19(24)17(16)18/h4-5,8-9,11H,6-7,10H2,1-3H3,(H,21,24). The second-order valence-electron chi connectivity index (χ2n) is 6.93. The molecule has 0 unspecified atom stereocenters. The van der Waals surface area contributed by atoms with Gasteiger partial charge < -0.3 is 14.5 Å². The van der Waals surface area contributed by atoms with Gasteiger partial charge in [0.1, 0.15) is 0 Å². The van der Waals surface area contributed by atoms with E-state index in [-0.39, 0.29) is 11.5 Å². The summed E-state index contributed by atoms with van der Waals surface area (Å²) in [6.07, 6.45) is 4.32. The Hall–Kier alpha value is -2.82. The molecule has 2 aromatic heterocycles. The number of hydrogen-bond donors (Lipinski definition) is 1. The molecule has 0 radical (unpaired) electrons. The van der Waals surface area contributed by atoms with Crippen LogP contribution in [0.1, 0.15) is 32.6 Å². The highest BCUT2D eigenvalue weighted by Gasteiger charge is 2.26. The van der Waals surface area contributed by atoms with Crippen molar-refractivity contribution in [1.82, 2.24) is 14.5 Å². The van der Waals surface area contributed by atoms with E-state index in [0.717, 1.165) is 17.5 Å². The Labute approximate surface area is 145 Å². The zero-order valence-corrected chi connectivity index (χ0v) is 14.7. The summed E-state index contributed by atoms with van der Waals surface area (Å²) in [6, 6.07) is 6.41. The minimum Gasteiger partial charge on any atom is -0.349 e. The van der Waals surface area contributed by atoms with E-state index in [1.165, 1.54) is 16.7 Å². The van der Waals surface area contributed by atoms with Crippen LogP contribution in [0.4, 0.5) is 0 Å². The first-order chi connectivity index (χ1) is 12.0. The molecule has 3 aromatic rings. The number of aromatic amines is 1. The third-order valence-corrected chi connectivity index (χ3v) is 5.09. The number of nitrogens with zero attached hydrogens (tertiary/aromatic N) is 2. The maximum atomic E-state index is 13.1. The lowest BCUT2D eigenvalue weighted by Gasteiger charge is -2.29. The lowest BCUT2D eigenvalue weighted by Crippen LogP contribution is -2.36. The first kappa shape index (κ1) is 15.7. The average Bonchev–Trinajstić information content (AvgIpc) is 2.95. The van der Waals surface area contributed by atoms with Gasteiger partial charge in [0, 0.05) is 32.5 Å². The summed E-state index contributed by atoms with van der Waals surface area (Å²) in [5.41, 5.74) is 5.75. The number of benzene rings is 1. The smallest absolute Gasteiger partial charge is 0.258 e. The number of hydrogen-bond acceptors (Lipinski definition) is 2. The van der Waals surface area contributed by atoms with Crippen molar-refractivity contribution in [1.29, 1.82) is 0 Å². The summed E-state index contributed by atoms with van der Waals surface area (Å²) >= 11 is 0. The first-order valence-corrected chi connectivity index (χ1v) is 8.50. The molecule has 0 atom stereocenters. The number of H-pyrrole nitrogens is 1. The monoisotopic (exact) mass is 335 g/mol. The van der Waals surface area contributed by atoms with Crippen molar-refractivity contribution in [2.24, 2.45) is 7.05 Å². The van der Waals surface area contributed by atoms with Gasteiger partial charge in [0.05, 0.1) is 16.5 Å². The van der Waals surface area contributed by atoms with Gasteiger partial charge in [-0.1, -0.05) is 23.8 Å². The topological polar surface area (TPSA) is 58.1 Å². The highest BCUT2D eigenvalue weighted by molar-refractivity contribution is 6.07. The molecule has 0 fully saturated rings. The van der Waals surface area contributed by atoms with Gasteiger partial charge in [0.25, 0.3) is 11.5 Å². The van der Waals surface area contributed by atoms with Crippen LogP contribution in [0, 0.1) is 13.8 Å². The van der Waals surface area contributed by atoms with Gasteiger partial charge in [-0.3, -0.25) is 9.59 Å². The summed E-state index contributed by atoms with van der Waals surface area (Å²) in [5, 5.41) is 0.488. The quantitative estimate of drug-likeness (QED) is 0.743. The van der Waals surface area contributed by atoms with Crippen LogP contribution in [0.15, 0.2) is 35.4 Å². The predicted molar refractivity (Wildman–Crippen MR) is 97.9 cm³/mol. The number of pyridine rings is 1. The molecule has 1 amide bonds. The largest absolute Gasteiger partial charge is 0.349 e. The van der Waals surface area contributed by atoms with Gasteiger partial charge >= 0.3 is 0 Å². The average molecular weight is 335 g/mol. The van der Waals surface area contributed by atoms with Crippen LogP contribution in [-0.2, 0) is 20.0 Å². The van der Waals surface area contributed by atoms with Crippen LogP contribution >= 0.6 is 0 Å². The molecular formula is C20H21N3O2. The Balaban J connectivity index is 1.77. The van der Waals surface area contributed by atoms with Crippen LogP contribution < -0.4 is 5.56 Å². The number of aryl methyl sites for hydroxylation is 3. The predicted octanol–water partition coefficient (Wildman–Crippen LogP) is 2.68. The van der Waals surface area contributed by atoms with E-state index in [0.29, 0.717) is 24.0 Å². The number of carbonyl (C=O) groups is 1. The van der Waals surface area contributed by atoms with E-state index in [1.54, 1.807) is 12.4 Å². The molecule has 4 rings (SSSR count). The van der Waals surface area contributed by atoms with Crippen molar-refractivity contribution in [2.75, 3.05) is 6.54 Å². The maximum absolute atomic E-state index is 13.1. The van der Waals surface area contributed by atoms with E-state index in [9.17, 15) is 9.59 Å². The molecule has 1 N–H and O–H groups in total. The molecule has 5 nitrogen and oxygen atoms in total. The van der Waals surface area contributed by atoms with Gasteiger partial charge in [0.2, 0.25) is 0 Å². The SMILES string of the molecule is Cc1ccc2c(c1)CN(C(=O)c1cn(C)c3c(C)c[nH]c(=O)c13)CC2. The van der Waals surface area contributed by atoms with Crippen molar-refractivity contribution in [2.45, 2.75) is 26.8 Å². The third kappa shape index (κ3) is 2.47. The molecule has 0 spiro atoms. The van der Waals surface area contributed by atoms with Crippen LogP contribution in [-0.4, -0.2) is 26.9 Å². The minimum atomic E-state index is -0.210. The number of aromatic nitrogens is 2. The van der Waals surface area contributed by atoms with Crippen molar-refractivity contribution >= 4 is 16.8 Å². The van der Waals surface area contributed by atoms with Crippen molar-refractivity contribution in [3.63, 3.8) is 0 Å². The Morgan fingerprint density at radius 2 is 2.00 bits per heavy atom. The van der Waals surface area contributed by atoms with Crippen LogP contribution in [0.2, 0.25) is 0 Å². The van der Waals surface area contributed by atoms with Crippen molar-refractivity contribution in [3.05, 3.63) is 68.8 Å². The summed E-state index contributed by atoms with van der Waals surface area (Å²) in [7, 11) is 1.88. The molecule has 0 saturated carbocycles. The molecule has 128 valence electrons. The van der Waals surface area contributed by atoms with Crippen molar-refractivity contribution < 1.29 is 4.79 Å². The van der Waals surface area contributed by atoms with Crippen LogP contribution in [0.5, 0.6) is 0 Å². The van der Waals surface area contributed by atoms with Gasteiger partial charge in [-0.25, -0.2) is 0 Å². The molecule has 1 aliphatic heterocycles. The molecule has 1 aliphatic rings. The lowest BCUT2D eigenvalue weighted by atomic mass is 9.97. The van der Waals surface area contributed by atoms with Crippen LogP contribution in [0.3, 0.4) is 0 Å². The molecule has 3 heterocycles. The summed E-state index contributed by atoms with van der Waals surface area (Å²) < 4.78 is 1.87. The van der Waals surface area contributed by atoms with E-state index in [4.69, 9.17) is 0 Å². The van der Waals surface area contributed by atoms with E-state index >= 15 is 0 Å². The third-order valence-electron chi connectivity index (χ3n) is 5.09. The fourth-order valence-electron chi connectivity index (χ4n) is 3.84. The van der Waals surface area contributed by atoms with Gasteiger partial charge in [-0.2, -0.15) is 0 Å². The Morgan fingerprint density at radius 3 is 2.80 bits per heavy atom. The van der Waals surface area contributed by atoms with E-state index < -0.39 is 0 Å². The Morgan fingerprint density at radius 1 is 1.20 bits per heavy atom. The number of rotatable bonds is 1. The maximum Gasteiger partial charge on any atom is 0.258 e. The Bertz CT molecular complexity index is 1060. The van der Waals surface area contributed by atoms with Gasteiger partial charge in [-0.05, 0) is 37.0 Å². The Kier molecular flexibility index (Phi) is 3.53. The highest BCUT2D eigenvalue weighted by atomic mass is 16.2. The zero-order valence-electron chi connectivity index (χ0n) is 14.7. The minimum absolute atomic E-state index is 0.0751. The molecule has 0 saturated heterocycles. The normalized spacial score (nSPS) is 14.0. The van der Waals surface area contributed by atoms with E-state index in [1.807, 2.05) is 23.4 Å². The molecule has 1 aromatic carbocycles. The molecule has 5 heteroatoms. The molecule has 25 heavy (non-hydrogen) atoms. The number of carbonyl (C=O) groups excluding carboxylic acids is 1. The number of amides is 1. The fourth-order valence-corrected chi connectivity index (χ4v) is 3.84. The van der Waals surface area contributed by atoms with E-state index in [2.05, 4.69) is 30.1 Å². The molecule has 0 aliphatic carbocycles. The van der Waals surface area contributed by atoms with Crippen molar-refractivity contribution in [3.8, 4) is 0 Å². The zero-order chi connectivity index (χ0) is 17.7. The summed E-state index contributed by atoms with van der Waals surface area (Å²) in [5.74, 6) is -0.0751. The summed E-state index contributed by atoms with van der Waals surface area (Å²) in [4.78, 5) is 30.1. The second kappa shape index (κ2) is 5.62. The number of fused-ring (bicyclic) bond motifs is 2. The van der Waals surface area contributed by atoms with Gasteiger partial charge in [0.15, 0.2) is 0 Å². The fraction of sp³-hybridized carbons (Fsp3) is 0.300. The highest BCUT2D eigenvalue weighted by Crippen LogP contribution is 2.25. The lowest BCUT2D eigenvalue weighted by molar-refractivity contribution is 0.0736. The molecular weight excluding hydrogens is 314 g/mol. The molecule has 0 bridgehead atoms. The number of nitrogens with one attached hydrogen (secondary N) is 1.